The molecule has 0 amide bonds. The van der Waals surface area contributed by atoms with Crippen LogP contribution in [-0.4, -0.2) is 14.6 Å². The Kier molecular flexibility index (Phi) is 2.04. The van der Waals surface area contributed by atoms with E-state index in [4.69, 9.17) is 5.73 Å². The predicted molar refractivity (Wildman–Crippen MR) is 62.8 cm³/mol. The number of fused-ring (bicyclic) bond motifs is 1. The summed E-state index contributed by atoms with van der Waals surface area (Å²) in [5.41, 5.74) is 8.05. The highest BCUT2D eigenvalue weighted by atomic mass is 19.1. The number of anilines is 1. The van der Waals surface area contributed by atoms with Crippen LogP contribution in [0, 0.1) is 5.82 Å². The lowest BCUT2D eigenvalue weighted by Gasteiger charge is -2.01. The van der Waals surface area contributed by atoms with E-state index >= 15 is 0 Å². The average Bonchev–Trinajstić information content (AvgIpc) is 2.69. The van der Waals surface area contributed by atoms with Gasteiger partial charge in [0.25, 0.3) is 0 Å². The number of nitrogens with zero attached hydrogens (tertiary/aromatic N) is 3. The van der Waals surface area contributed by atoms with Crippen molar-refractivity contribution in [3.63, 3.8) is 0 Å². The molecule has 3 aromatic rings. The van der Waals surface area contributed by atoms with Crippen LogP contribution >= 0.6 is 0 Å². The molecule has 0 bridgehead atoms. The van der Waals surface area contributed by atoms with E-state index in [9.17, 15) is 4.39 Å². The van der Waals surface area contributed by atoms with E-state index < -0.39 is 0 Å². The molecule has 84 valence electrons. The Morgan fingerprint density at radius 1 is 1.06 bits per heavy atom. The quantitative estimate of drug-likeness (QED) is 0.694. The van der Waals surface area contributed by atoms with Crippen LogP contribution in [0.1, 0.15) is 0 Å². The van der Waals surface area contributed by atoms with E-state index in [1.54, 1.807) is 22.8 Å². The summed E-state index contributed by atoms with van der Waals surface area (Å²) in [6.45, 7) is 0. The van der Waals surface area contributed by atoms with Crippen molar-refractivity contribution in [3.05, 3.63) is 48.4 Å². The number of hydrogen-bond donors (Lipinski definition) is 1. The molecule has 0 atom stereocenters. The van der Waals surface area contributed by atoms with Crippen LogP contribution in [-0.2, 0) is 0 Å². The number of hydrogen-bond acceptors (Lipinski definition) is 3. The number of rotatable bonds is 1. The number of pyridine rings is 1. The second kappa shape index (κ2) is 3.55. The molecule has 0 saturated heterocycles. The zero-order chi connectivity index (χ0) is 11.8. The number of halogens is 1. The van der Waals surface area contributed by atoms with Crippen LogP contribution in [0.3, 0.4) is 0 Å². The van der Waals surface area contributed by atoms with Gasteiger partial charge in [0.1, 0.15) is 5.82 Å². The van der Waals surface area contributed by atoms with Gasteiger partial charge in [0.15, 0.2) is 5.65 Å². The molecular formula is C12H9FN4. The fourth-order valence-corrected chi connectivity index (χ4v) is 1.72. The van der Waals surface area contributed by atoms with E-state index in [0.717, 1.165) is 11.1 Å². The van der Waals surface area contributed by atoms with Crippen molar-refractivity contribution in [3.8, 4) is 11.1 Å². The maximum absolute atomic E-state index is 12.8. The van der Waals surface area contributed by atoms with Gasteiger partial charge in [-0.3, -0.25) is 0 Å². The normalized spacial score (nSPS) is 10.9. The molecule has 0 saturated carbocycles. The van der Waals surface area contributed by atoms with Crippen molar-refractivity contribution in [2.45, 2.75) is 0 Å². The maximum atomic E-state index is 12.8. The number of aromatic nitrogens is 3. The minimum Gasteiger partial charge on any atom is -0.366 e. The Hall–Kier alpha value is -2.43. The fraction of sp³-hybridized carbons (Fsp3) is 0. The lowest BCUT2D eigenvalue weighted by atomic mass is 10.1. The number of benzene rings is 1. The Bertz CT molecular complexity index is 673. The lowest BCUT2D eigenvalue weighted by Crippen LogP contribution is -1.89. The van der Waals surface area contributed by atoms with Crippen molar-refractivity contribution >= 4 is 11.6 Å². The molecular weight excluding hydrogens is 219 g/mol. The van der Waals surface area contributed by atoms with Crippen molar-refractivity contribution < 1.29 is 4.39 Å². The molecule has 4 nitrogen and oxygen atoms in total. The summed E-state index contributed by atoms with van der Waals surface area (Å²) in [4.78, 5) is 4.07. The highest BCUT2D eigenvalue weighted by Gasteiger charge is 2.03. The smallest absolute Gasteiger partial charge is 0.240 e. The van der Waals surface area contributed by atoms with E-state index in [1.807, 2.05) is 12.1 Å². The first-order valence-corrected chi connectivity index (χ1v) is 5.10. The molecule has 0 radical (unpaired) electrons. The third-order valence-corrected chi connectivity index (χ3v) is 2.53. The molecule has 2 N–H and O–H groups in total. The standard InChI is InChI=1S/C12H9FN4/c13-10-3-1-8(2-4-10)9-5-6-17-11(7-9)15-12(14)16-17/h1-7H,(H2,14,16). The first-order valence-electron chi connectivity index (χ1n) is 5.10. The molecule has 0 spiro atoms. The monoisotopic (exact) mass is 228 g/mol. The van der Waals surface area contributed by atoms with Crippen LogP contribution in [0.2, 0.25) is 0 Å². The molecule has 2 aromatic heterocycles. The largest absolute Gasteiger partial charge is 0.366 e. The van der Waals surface area contributed by atoms with E-state index in [2.05, 4.69) is 10.1 Å². The van der Waals surface area contributed by atoms with Crippen molar-refractivity contribution in [2.24, 2.45) is 0 Å². The van der Waals surface area contributed by atoms with Crippen LogP contribution < -0.4 is 5.73 Å². The minimum atomic E-state index is -0.249. The molecule has 0 unspecified atom stereocenters. The molecule has 5 heteroatoms. The van der Waals surface area contributed by atoms with Gasteiger partial charge in [0.2, 0.25) is 5.95 Å². The summed E-state index contributed by atoms with van der Waals surface area (Å²) in [5, 5.41) is 3.99. The summed E-state index contributed by atoms with van der Waals surface area (Å²) in [5.74, 6) is -0.0113. The van der Waals surface area contributed by atoms with Gasteiger partial charge in [-0.2, -0.15) is 4.98 Å². The van der Waals surface area contributed by atoms with Crippen molar-refractivity contribution in [1.82, 2.24) is 14.6 Å². The highest BCUT2D eigenvalue weighted by molar-refractivity contribution is 5.67. The van der Waals surface area contributed by atoms with E-state index in [-0.39, 0.29) is 11.8 Å². The summed E-state index contributed by atoms with van der Waals surface area (Å²) in [6, 6.07) is 10.0. The van der Waals surface area contributed by atoms with Gasteiger partial charge in [0, 0.05) is 6.20 Å². The fourth-order valence-electron chi connectivity index (χ4n) is 1.72. The summed E-state index contributed by atoms with van der Waals surface area (Å²) < 4.78 is 14.4. The Morgan fingerprint density at radius 3 is 2.59 bits per heavy atom. The van der Waals surface area contributed by atoms with Crippen LogP contribution in [0.4, 0.5) is 10.3 Å². The third-order valence-electron chi connectivity index (χ3n) is 2.53. The topological polar surface area (TPSA) is 56.2 Å². The SMILES string of the molecule is Nc1nc2cc(-c3ccc(F)cc3)ccn2n1. The summed E-state index contributed by atoms with van der Waals surface area (Å²) in [6.07, 6.45) is 1.78. The first-order chi connectivity index (χ1) is 8.22. The minimum absolute atomic E-state index is 0.237. The molecule has 2 heterocycles. The van der Waals surface area contributed by atoms with Gasteiger partial charge >= 0.3 is 0 Å². The maximum Gasteiger partial charge on any atom is 0.240 e. The molecule has 0 aliphatic heterocycles. The molecule has 0 aliphatic carbocycles. The molecule has 1 aromatic carbocycles. The molecule has 17 heavy (non-hydrogen) atoms. The Morgan fingerprint density at radius 2 is 1.82 bits per heavy atom. The van der Waals surface area contributed by atoms with Gasteiger partial charge in [-0.1, -0.05) is 12.1 Å². The highest BCUT2D eigenvalue weighted by Crippen LogP contribution is 2.20. The van der Waals surface area contributed by atoms with Gasteiger partial charge in [-0.15, -0.1) is 5.10 Å². The zero-order valence-corrected chi connectivity index (χ0v) is 8.84. The molecule has 0 aliphatic rings. The Balaban J connectivity index is 2.13. The van der Waals surface area contributed by atoms with Crippen molar-refractivity contribution in [2.75, 3.05) is 5.73 Å². The first kappa shape index (κ1) is 9.77. The van der Waals surface area contributed by atoms with Gasteiger partial charge in [-0.05, 0) is 35.4 Å². The lowest BCUT2D eigenvalue weighted by molar-refractivity contribution is 0.628. The predicted octanol–water partition coefficient (Wildman–Crippen LogP) is 2.12. The number of nitrogens with two attached hydrogens (primary N) is 1. The summed E-state index contributed by atoms with van der Waals surface area (Å²) in [7, 11) is 0. The summed E-state index contributed by atoms with van der Waals surface area (Å²) >= 11 is 0. The van der Waals surface area contributed by atoms with E-state index in [1.165, 1.54) is 12.1 Å². The molecule has 0 fully saturated rings. The average molecular weight is 228 g/mol. The van der Waals surface area contributed by atoms with Gasteiger partial charge in [-0.25, -0.2) is 8.91 Å². The number of nitrogen functional groups attached to an aromatic ring is 1. The Labute approximate surface area is 96.5 Å². The second-order valence-electron chi connectivity index (χ2n) is 3.70. The van der Waals surface area contributed by atoms with E-state index in [0.29, 0.717) is 5.65 Å². The van der Waals surface area contributed by atoms with Crippen LogP contribution in [0.5, 0.6) is 0 Å². The van der Waals surface area contributed by atoms with Gasteiger partial charge in [0.05, 0.1) is 0 Å². The third kappa shape index (κ3) is 1.71. The van der Waals surface area contributed by atoms with Crippen LogP contribution in [0.15, 0.2) is 42.6 Å². The van der Waals surface area contributed by atoms with Gasteiger partial charge < -0.3 is 5.73 Å². The zero-order valence-electron chi connectivity index (χ0n) is 8.84. The van der Waals surface area contributed by atoms with Crippen molar-refractivity contribution in [1.29, 1.82) is 0 Å². The molecule has 3 rings (SSSR count). The second-order valence-corrected chi connectivity index (χ2v) is 3.70. The van der Waals surface area contributed by atoms with Crippen LogP contribution in [0.25, 0.3) is 16.8 Å².